The number of hydrogen-bond donors (Lipinski definition) is 3. The molecule has 1 aliphatic carbocycles. The van der Waals surface area contributed by atoms with Gasteiger partial charge in [0.25, 0.3) is 5.91 Å². The molecule has 1 fully saturated rings. The first-order valence-electron chi connectivity index (χ1n) is 13.3. The molecule has 8 nitrogen and oxygen atoms in total. The number of aliphatic hydroxyl groups excluding tert-OH is 1. The Balaban J connectivity index is 1.68. The molecule has 4 unspecified atom stereocenters. The number of hydrogen-bond acceptors (Lipinski definition) is 5. The third-order valence-electron chi connectivity index (χ3n) is 6.79. The SMILES string of the molecule is Cc1ccc(C(C(=O)Nc2ccc3ccccc3c2)N(C(=O)C(CO)NC(=O)OC(C)(C)C)C2CC2C)cc1. The van der Waals surface area contributed by atoms with Crippen LogP contribution in [0, 0.1) is 12.8 Å². The minimum Gasteiger partial charge on any atom is -0.444 e. The molecule has 206 valence electrons. The van der Waals surface area contributed by atoms with Gasteiger partial charge in [-0.25, -0.2) is 4.79 Å². The topological polar surface area (TPSA) is 108 Å². The van der Waals surface area contributed by atoms with Gasteiger partial charge in [-0.05, 0) is 68.5 Å². The van der Waals surface area contributed by atoms with E-state index in [1.54, 1.807) is 20.8 Å². The van der Waals surface area contributed by atoms with Gasteiger partial charge in [0.15, 0.2) is 0 Å². The largest absolute Gasteiger partial charge is 0.444 e. The van der Waals surface area contributed by atoms with Gasteiger partial charge in [-0.15, -0.1) is 0 Å². The van der Waals surface area contributed by atoms with E-state index in [4.69, 9.17) is 4.74 Å². The zero-order chi connectivity index (χ0) is 28.3. The van der Waals surface area contributed by atoms with E-state index in [1.165, 1.54) is 4.90 Å². The summed E-state index contributed by atoms with van der Waals surface area (Å²) >= 11 is 0. The lowest BCUT2D eigenvalue weighted by Crippen LogP contribution is -2.54. The van der Waals surface area contributed by atoms with E-state index in [-0.39, 0.29) is 17.9 Å². The molecule has 1 aliphatic rings. The number of benzene rings is 3. The van der Waals surface area contributed by atoms with Crippen molar-refractivity contribution in [2.45, 2.75) is 64.8 Å². The molecule has 4 atom stereocenters. The van der Waals surface area contributed by atoms with Gasteiger partial charge in [0, 0.05) is 11.7 Å². The van der Waals surface area contributed by atoms with E-state index in [2.05, 4.69) is 10.6 Å². The summed E-state index contributed by atoms with van der Waals surface area (Å²) in [7, 11) is 0. The molecule has 0 aromatic heterocycles. The van der Waals surface area contributed by atoms with Gasteiger partial charge < -0.3 is 25.4 Å². The lowest BCUT2D eigenvalue weighted by molar-refractivity contribution is -0.142. The molecule has 3 N–H and O–H groups in total. The third-order valence-corrected chi connectivity index (χ3v) is 6.79. The number of nitrogens with one attached hydrogen (secondary N) is 2. The fourth-order valence-corrected chi connectivity index (χ4v) is 4.65. The van der Waals surface area contributed by atoms with Gasteiger partial charge in [0.2, 0.25) is 5.91 Å². The van der Waals surface area contributed by atoms with Crippen LogP contribution in [0.3, 0.4) is 0 Å². The molecule has 39 heavy (non-hydrogen) atoms. The molecule has 0 spiro atoms. The van der Waals surface area contributed by atoms with Crippen molar-refractivity contribution in [2.75, 3.05) is 11.9 Å². The van der Waals surface area contributed by atoms with E-state index >= 15 is 0 Å². The first kappa shape index (κ1) is 28.1. The van der Waals surface area contributed by atoms with E-state index in [9.17, 15) is 19.5 Å². The predicted octanol–water partition coefficient (Wildman–Crippen LogP) is 4.95. The van der Waals surface area contributed by atoms with Crippen LogP contribution in [0.1, 0.15) is 51.3 Å². The highest BCUT2D eigenvalue weighted by Gasteiger charge is 2.48. The summed E-state index contributed by atoms with van der Waals surface area (Å²) in [6, 6.07) is 18.5. The van der Waals surface area contributed by atoms with Crippen molar-refractivity contribution in [3.05, 3.63) is 77.9 Å². The van der Waals surface area contributed by atoms with Gasteiger partial charge in [-0.3, -0.25) is 9.59 Å². The van der Waals surface area contributed by atoms with Crippen molar-refractivity contribution < 1.29 is 24.2 Å². The standard InChI is InChI=1S/C31H37N3O5/c1-19-10-12-22(13-11-19)27(28(36)32-24-15-14-21-8-6-7-9-23(21)17-24)34(26-16-20(26)2)29(37)25(18-35)33-30(38)39-31(3,4)5/h6-15,17,20,25-27,35H,16,18H2,1-5H3,(H,32,36)(H,33,38). The summed E-state index contributed by atoms with van der Waals surface area (Å²) < 4.78 is 5.31. The first-order chi connectivity index (χ1) is 18.5. The Morgan fingerprint density at radius 2 is 1.67 bits per heavy atom. The second-order valence-electron chi connectivity index (χ2n) is 11.3. The number of anilines is 1. The molecule has 4 rings (SSSR count). The third kappa shape index (κ3) is 6.95. The average Bonchev–Trinajstić information content (AvgIpc) is 3.60. The highest BCUT2D eigenvalue weighted by Crippen LogP contribution is 2.41. The summed E-state index contributed by atoms with van der Waals surface area (Å²) in [6.45, 7) is 8.46. The monoisotopic (exact) mass is 531 g/mol. The fraction of sp³-hybridized carbons (Fsp3) is 0.387. The van der Waals surface area contributed by atoms with Crippen LogP contribution in [-0.2, 0) is 14.3 Å². The number of nitrogens with zero attached hydrogens (tertiary/aromatic N) is 1. The van der Waals surface area contributed by atoms with Crippen LogP contribution in [-0.4, -0.2) is 52.2 Å². The summed E-state index contributed by atoms with van der Waals surface area (Å²) in [5, 5.41) is 17.6. The number of rotatable bonds is 8. The number of alkyl carbamates (subject to hydrolysis) is 1. The van der Waals surface area contributed by atoms with Crippen molar-refractivity contribution in [1.82, 2.24) is 10.2 Å². The Morgan fingerprint density at radius 3 is 2.26 bits per heavy atom. The quantitative estimate of drug-likeness (QED) is 0.381. The van der Waals surface area contributed by atoms with Crippen LogP contribution < -0.4 is 10.6 Å². The summed E-state index contributed by atoms with van der Waals surface area (Å²) in [5.74, 6) is -0.760. The van der Waals surface area contributed by atoms with E-state index in [0.29, 0.717) is 17.7 Å². The molecule has 3 aromatic rings. The molecule has 3 amide bonds. The van der Waals surface area contributed by atoms with Gasteiger partial charge in [0.1, 0.15) is 17.7 Å². The van der Waals surface area contributed by atoms with Crippen molar-refractivity contribution in [2.24, 2.45) is 5.92 Å². The lowest BCUT2D eigenvalue weighted by Gasteiger charge is -2.34. The molecule has 0 aliphatic heterocycles. The minimum absolute atomic E-state index is 0.163. The molecule has 0 radical (unpaired) electrons. The Labute approximate surface area is 229 Å². The van der Waals surface area contributed by atoms with Crippen molar-refractivity contribution >= 4 is 34.4 Å². The van der Waals surface area contributed by atoms with Crippen LogP contribution in [0.4, 0.5) is 10.5 Å². The second-order valence-corrected chi connectivity index (χ2v) is 11.3. The number of fused-ring (bicyclic) bond motifs is 1. The molecule has 8 heteroatoms. The number of amides is 3. The van der Waals surface area contributed by atoms with Crippen LogP contribution in [0.25, 0.3) is 10.8 Å². The highest BCUT2D eigenvalue weighted by atomic mass is 16.6. The summed E-state index contributed by atoms with van der Waals surface area (Å²) in [5.41, 5.74) is 1.49. The number of aryl methyl sites for hydroxylation is 1. The van der Waals surface area contributed by atoms with Crippen LogP contribution in [0.15, 0.2) is 66.7 Å². The van der Waals surface area contributed by atoms with Gasteiger partial charge in [0.05, 0.1) is 6.61 Å². The predicted molar refractivity (Wildman–Crippen MR) is 151 cm³/mol. The maximum Gasteiger partial charge on any atom is 0.408 e. The number of ether oxygens (including phenoxy) is 1. The molecule has 0 bridgehead atoms. The molecule has 3 aromatic carbocycles. The molecular formula is C31H37N3O5. The van der Waals surface area contributed by atoms with Crippen LogP contribution >= 0.6 is 0 Å². The fourth-order valence-electron chi connectivity index (χ4n) is 4.65. The number of aliphatic hydroxyl groups is 1. The van der Waals surface area contributed by atoms with E-state index in [1.807, 2.05) is 80.6 Å². The second kappa shape index (κ2) is 11.5. The number of carbonyl (C=O) groups is 3. The lowest BCUT2D eigenvalue weighted by atomic mass is 10.0. The Kier molecular flexibility index (Phi) is 8.25. The molecule has 1 saturated carbocycles. The van der Waals surface area contributed by atoms with Crippen LogP contribution in [0.2, 0.25) is 0 Å². The van der Waals surface area contributed by atoms with Gasteiger partial charge in [-0.1, -0.05) is 67.1 Å². The maximum atomic E-state index is 14.0. The Bertz CT molecular complexity index is 1350. The van der Waals surface area contributed by atoms with Crippen molar-refractivity contribution in [3.63, 3.8) is 0 Å². The minimum atomic E-state index is -1.27. The van der Waals surface area contributed by atoms with Crippen molar-refractivity contribution in [1.29, 1.82) is 0 Å². The van der Waals surface area contributed by atoms with Gasteiger partial charge >= 0.3 is 6.09 Å². The smallest absolute Gasteiger partial charge is 0.408 e. The summed E-state index contributed by atoms with van der Waals surface area (Å²) in [4.78, 5) is 41.9. The van der Waals surface area contributed by atoms with E-state index < -0.39 is 36.3 Å². The zero-order valence-corrected chi connectivity index (χ0v) is 23.1. The van der Waals surface area contributed by atoms with Crippen LogP contribution in [0.5, 0.6) is 0 Å². The zero-order valence-electron chi connectivity index (χ0n) is 23.1. The first-order valence-corrected chi connectivity index (χ1v) is 13.3. The normalized spacial score (nSPS) is 18.1. The van der Waals surface area contributed by atoms with Crippen molar-refractivity contribution in [3.8, 4) is 0 Å². The average molecular weight is 532 g/mol. The maximum absolute atomic E-state index is 14.0. The van der Waals surface area contributed by atoms with Gasteiger partial charge in [-0.2, -0.15) is 0 Å². The Morgan fingerprint density at radius 1 is 1.03 bits per heavy atom. The van der Waals surface area contributed by atoms with E-state index in [0.717, 1.165) is 16.3 Å². The molecule has 0 saturated heterocycles. The number of carbonyl (C=O) groups excluding carboxylic acids is 3. The molecular weight excluding hydrogens is 494 g/mol. The Hall–Kier alpha value is -3.91. The molecule has 0 heterocycles. The summed E-state index contributed by atoms with van der Waals surface area (Å²) in [6.07, 6.45) is -0.103. The highest BCUT2D eigenvalue weighted by molar-refractivity contribution is 6.00.